The summed E-state index contributed by atoms with van der Waals surface area (Å²) in [5, 5.41) is 5.57. The largest absolute Gasteiger partial charge is 0.416 e. The van der Waals surface area contributed by atoms with Crippen molar-refractivity contribution in [2.45, 2.75) is 33.9 Å². The summed E-state index contributed by atoms with van der Waals surface area (Å²) in [5.74, 6) is -0.507. The Hall–Kier alpha value is -1.72. The fraction of sp³-hybridized carbons (Fsp3) is 0.533. The molecule has 0 saturated heterocycles. The molecule has 6 heteroatoms. The summed E-state index contributed by atoms with van der Waals surface area (Å²) in [4.78, 5) is 12.1. The van der Waals surface area contributed by atoms with Crippen molar-refractivity contribution in [3.05, 3.63) is 29.3 Å². The lowest BCUT2D eigenvalue weighted by Gasteiger charge is -2.20. The predicted octanol–water partition coefficient (Wildman–Crippen LogP) is 3.91. The molecule has 0 unspecified atom stereocenters. The number of benzene rings is 1. The zero-order valence-corrected chi connectivity index (χ0v) is 12.7. The lowest BCUT2D eigenvalue weighted by molar-refractivity contribution is -0.137. The Morgan fingerprint density at radius 3 is 2.29 bits per heavy atom. The van der Waals surface area contributed by atoms with Crippen LogP contribution in [-0.4, -0.2) is 19.0 Å². The first kappa shape index (κ1) is 17.3. The number of halogens is 3. The van der Waals surface area contributed by atoms with Crippen LogP contribution in [0.3, 0.4) is 0 Å². The van der Waals surface area contributed by atoms with E-state index in [-0.39, 0.29) is 11.0 Å². The van der Waals surface area contributed by atoms with Gasteiger partial charge in [-0.25, -0.2) is 0 Å². The Morgan fingerprint density at radius 1 is 1.19 bits per heavy atom. The van der Waals surface area contributed by atoms with Gasteiger partial charge in [-0.05, 0) is 30.5 Å². The monoisotopic (exact) mass is 302 g/mol. The van der Waals surface area contributed by atoms with Gasteiger partial charge in [-0.2, -0.15) is 13.2 Å². The van der Waals surface area contributed by atoms with Gasteiger partial charge in [0.25, 0.3) is 5.91 Å². The SMILES string of the molecule is CCNc1ccc(C(F)(F)F)cc1C(=O)NCC(C)(C)C. The molecule has 0 heterocycles. The Morgan fingerprint density at radius 2 is 1.81 bits per heavy atom. The molecule has 1 aromatic rings. The molecule has 118 valence electrons. The normalized spacial score (nSPS) is 12.1. The maximum Gasteiger partial charge on any atom is 0.416 e. The molecule has 2 N–H and O–H groups in total. The van der Waals surface area contributed by atoms with Crippen LogP contribution in [-0.2, 0) is 6.18 Å². The molecule has 3 nitrogen and oxygen atoms in total. The van der Waals surface area contributed by atoms with Crippen LogP contribution < -0.4 is 10.6 Å². The van der Waals surface area contributed by atoms with Crippen molar-refractivity contribution in [3.8, 4) is 0 Å². The van der Waals surface area contributed by atoms with E-state index >= 15 is 0 Å². The van der Waals surface area contributed by atoms with Crippen molar-refractivity contribution < 1.29 is 18.0 Å². The maximum absolute atomic E-state index is 12.8. The first-order valence-electron chi connectivity index (χ1n) is 6.78. The lowest BCUT2D eigenvalue weighted by Crippen LogP contribution is -2.32. The van der Waals surface area contributed by atoms with Crippen LogP contribution in [0.2, 0.25) is 0 Å². The van der Waals surface area contributed by atoms with E-state index in [0.29, 0.717) is 18.8 Å². The van der Waals surface area contributed by atoms with E-state index in [0.717, 1.165) is 12.1 Å². The van der Waals surface area contributed by atoms with E-state index < -0.39 is 17.6 Å². The van der Waals surface area contributed by atoms with E-state index in [1.807, 2.05) is 27.7 Å². The second kappa shape index (κ2) is 6.37. The highest BCUT2D eigenvalue weighted by molar-refractivity contribution is 5.99. The van der Waals surface area contributed by atoms with Crippen molar-refractivity contribution in [1.29, 1.82) is 0 Å². The van der Waals surface area contributed by atoms with Crippen LogP contribution in [0, 0.1) is 5.41 Å². The van der Waals surface area contributed by atoms with Crippen molar-refractivity contribution in [2.24, 2.45) is 5.41 Å². The predicted molar refractivity (Wildman–Crippen MR) is 77.4 cm³/mol. The number of amides is 1. The van der Waals surface area contributed by atoms with Gasteiger partial charge in [0.15, 0.2) is 0 Å². The van der Waals surface area contributed by atoms with Gasteiger partial charge in [-0.3, -0.25) is 4.79 Å². The molecule has 21 heavy (non-hydrogen) atoms. The topological polar surface area (TPSA) is 41.1 Å². The summed E-state index contributed by atoms with van der Waals surface area (Å²) in [7, 11) is 0. The fourth-order valence-corrected chi connectivity index (χ4v) is 1.69. The Balaban J connectivity index is 3.08. The molecule has 0 bridgehead atoms. The van der Waals surface area contributed by atoms with Gasteiger partial charge in [0, 0.05) is 18.8 Å². The van der Waals surface area contributed by atoms with E-state index in [1.54, 1.807) is 0 Å². The summed E-state index contributed by atoms with van der Waals surface area (Å²) in [6.45, 7) is 8.52. The zero-order chi connectivity index (χ0) is 16.3. The van der Waals surface area contributed by atoms with Crippen molar-refractivity contribution in [1.82, 2.24) is 5.32 Å². The second-order valence-corrected chi connectivity index (χ2v) is 6.03. The lowest BCUT2D eigenvalue weighted by atomic mass is 9.96. The van der Waals surface area contributed by atoms with Gasteiger partial charge >= 0.3 is 6.18 Å². The van der Waals surface area contributed by atoms with Crippen LogP contribution >= 0.6 is 0 Å². The molecule has 1 amide bonds. The first-order valence-corrected chi connectivity index (χ1v) is 6.78. The number of alkyl halides is 3. The van der Waals surface area contributed by atoms with Gasteiger partial charge in [0.05, 0.1) is 11.1 Å². The molecule has 0 atom stereocenters. The molecule has 0 fully saturated rings. The third-order valence-electron chi connectivity index (χ3n) is 2.74. The molecule has 0 radical (unpaired) electrons. The number of carbonyl (C=O) groups excluding carboxylic acids is 1. The smallest absolute Gasteiger partial charge is 0.385 e. The van der Waals surface area contributed by atoms with E-state index in [1.165, 1.54) is 6.07 Å². The molecular weight excluding hydrogens is 281 g/mol. The van der Waals surface area contributed by atoms with Gasteiger partial charge in [-0.15, -0.1) is 0 Å². The highest BCUT2D eigenvalue weighted by atomic mass is 19.4. The summed E-state index contributed by atoms with van der Waals surface area (Å²) in [5.41, 5.74) is -0.562. The minimum Gasteiger partial charge on any atom is -0.385 e. The van der Waals surface area contributed by atoms with Crippen LogP contribution in [0.5, 0.6) is 0 Å². The second-order valence-electron chi connectivity index (χ2n) is 6.03. The minimum atomic E-state index is -4.47. The van der Waals surface area contributed by atoms with Gasteiger partial charge in [0.2, 0.25) is 0 Å². The molecule has 0 aromatic heterocycles. The molecular formula is C15H21F3N2O. The highest BCUT2D eigenvalue weighted by Crippen LogP contribution is 2.32. The maximum atomic E-state index is 12.8. The molecule has 1 aromatic carbocycles. The van der Waals surface area contributed by atoms with Crippen LogP contribution in [0.15, 0.2) is 18.2 Å². The Labute approximate surface area is 122 Å². The molecule has 1 rings (SSSR count). The average molecular weight is 302 g/mol. The first-order chi connectivity index (χ1) is 9.54. The fourth-order valence-electron chi connectivity index (χ4n) is 1.69. The Bertz CT molecular complexity index is 505. The van der Waals surface area contributed by atoms with Gasteiger partial charge < -0.3 is 10.6 Å². The standard InChI is InChI=1S/C15H21F3N2O/c1-5-19-12-7-6-10(15(16,17)18)8-11(12)13(21)20-9-14(2,3)4/h6-8,19H,5,9H2,1-4H3,(H,20,21). The average Bonchev–Trinajstić information content (AvgIpc) is 2.34. The summed E-state index contributed by atoms with van der Waals surface area (Å²) >= 11 is 0. The summed E-state index contributed by atoms with van der Waals surface area (Å²) in [6.07, 6.45) is -4.47. The number of nitrogens with one attached hydrogen (secondary N) is 2. The molecule has 0 spiro atoms. The third kappa shape index (κ3) is 5.28. The van der Waals surface area contributed by atoms with Crippen molar-refractivity contribution in [2.75, 3.05) is 18.4 Å². The molecule has 0 saturated carbocycles. The van der Waals surface area contributed by atoms with Crippen LogP contribution in [0.1, 0.15) is 43.6 Å². The van der Waals surface area contributed by atoms with E-state index in [2.05, 4.69) is 10.6 Å². The van der Waals surface area contributed by atoms with Crippen LogP contribution in [0.25, 0.3) is 0 Å². The molecule has 0 aliphatic rings. The zero-order valence-electron chi connectivity index (χ0n) is 12.7. The van der Waals surface area contributed by atoms with E-state index in [4.69, 9.17) is 0 Å². The number of hydrogen-bond donors (Lipinski definition) is 2. The number of hydrogen-bond acceptors (Lipinski definition) is 2. The summed E-state index contributed by atoms with van der Waals surface area (Å²) < 4.78 is 38.3. The minimum absolute atomic E-state index is 0.0101. The van der Waals surface area contributed by atoms with Gasteiger partial charge in [0.1, 0.15) is 0 Å². The number of carbonyl (C=O) groups is 1. The summed E-state index contributed by atoms with van der Waals surface area (Å²) in [6, 6.07) is 3.15. The number of rotatable bonds is 4. The van der Waals surface area contributed by atoms with Crippen molar-refractivity contribution in [3.63, 3.8) is 0 Å². The number of anilines is 1. The molecule has 0 aliphatic heterocycles. The quantitative estimate of drug-likeness (QED) is 0.885. The Kier molecular flexibility index (Phi) is 5.25. The van der Waals surface area contributed by atoms with E-state index in [9.17, 15) is 18.0 Å². The molecule has 0 aliphatic carbocycles. The highest BCUT2D eigenvalue weighted by Gasteiger charge is 2.31. The third-order valence-corrected chi connectivity index (χ3v) is 2.74. The van der Waals surface area contributed by atoms with Gasteiger partial charge in [-0.1, -0.05) is 20.8 Å². The van der Waals surface area contributed by atoms with Crippen molar-refractivity contribution >= 4 is 11.6 Å². The van der Waals surface area contributed by atoms with Crippen LogP contribution in [0.4, 0.5) is 18.9 Å².